The van der Waals surface area contributed by atoms with Crippen molar-refractivity contribution in [2.75, 3.05) is 0 Å². The second-order valence-electron chi connectivity index (χ2n) is 6.90. The number of aryl methyl sites for hydroxylation is 1. The molecule has 1 heterocycles. The summed E-state index contributed by atoms with van der Waals surface area (Å²) in [6.45, 7) is 0. The summed E-state index contributed by atoms with van der Waals surface area (Å²) in [5.74, 6) is 1.30. The monoisotopic (exact) mass is 354 g/mol. The molecule has 1 aliphatic heterocycles. The molecule has 1 spiro atoms. The van der Waals surface area contributed by atoms with Crippen LogP contribution >= 0.6 is 12.6 Å². The molecular weight excluding hydrogens is 332 g/mol. The van der Waals surface area contributed by atoms with Gasteiger partial charge in [-0.1, -0.05) is 36.4 Å². The number of carbonyl (C=O) groups is 1. The fraction of sp³-hybridized carbons (Fsp3) is 0.381. The number of fused-ring (bicyclic) bond motifs is 1. The molecule has 1 fully saturated rings. The van der Waals surface area contributed by atoms with Crippen molar-refractivity contribution in [1.82, 2.24) is 0 Å². The van der Waals surface area contributed by atoms with E-state index < -0.39 is 5.79 Å². The van der Waals surface area contributed by atoms with Gasteiger partial charge in [0.05, 0.1) is 0 Å². The molecule has 0 saturated heterocycles. The number of carbonyl (C=O) groups excluding carboxylic acids is 1. The van der Waals surface area contributed by atoms with Crippen molar-refractivity contribution in [2.24, 2.45) is 0 Å². The van der Waals surface area contributed by atoms with E-state index in [2.05, 4.69) is 43.0 Å². The van der Waals surface area contributed by atoms with Crippen molar-refractivity contribution < 1.29 is 14.3 Å². The topological polar surface area (TPSA) is 35.5 Å². The van der Waals surface area contributed by atoms with E-state index >= 15 is 0 Å². The molecule has 25 heavy (non-hydrogen) atoms. The summed E-state index contributed by atoms with van der Waals surface area (Å²) in [5, 5.41) is -0.0468. The highest BCUT2D eigenvalue weighted by molar-refractivity contribution is 7.96. The molecule has 0 unspecified atom stereocenters. The lowest BCUT2D eigenvalue weighted by Gasteiger charge is -2.21. The number of hydrogen-bond donors (Lipinski definition) is 1. The van der Waals surface area contributed by atoms with Gasteiger partial charge in [0.25, 0.3) is 5.79 Å². The first-order chi connectivity index (χ1) is 12.2. The van der Waals surface area contributed by atoms with Crippen LogP contribution in [0.1, 0.15) is 44.1 Å². The fourth-order valence-corrected chi connectivity index (χ4v) is 3.91. The van der Waals surface area contributed by atoms with Crippen LogP contribution in [0.15, 0.2) is 42.5 Å². The number of para-hydroxylation sites is 1. The van der Waals surface area contributed by atoms with Crippen LogP contribution in [0.2, 0.25) is 0 Å². The van der Waals surface area contributed by atoms with E-state index in [1.54, 1.807) is 0 Å². The van der Waals surface area contributed by atoms with Crippen LogP contribution in [0.5, 0.6) is 11.5 Å². The number of hydrogen-bond acceptors (Lipinski definition) is 3. The van der Waals surface area contributed by atoms with E-state index in [1.807, 2.05) is 12.1 Å². The Labute approximate surface area is 153 Å². The molecule has 1 aliphatic carbocycles. The van der Waals surface area contributed by atoms with E-state index in [0.717, 1.165) is 61.2 Å². The molecule has 0 aromatic heterocycles. The van der Waals surface area contributed by atoms with E-state index in [9.17, 15) is 4.79 Å². The third kappa shape index (κ3) is 3.40. The van der Waals surface area contributed by atoms with Gasteiger partial charge in [0, 0.05) is 24.8 Å². The van der Waals surface area contributed by atoms with Crippen molar-refractivity contribution in [1.29, 1.82) is 0 Å². The molecule has 1 saturated carbocycles. The molecule has 0 bridgehead atoms. The average Bonchev–Trinajstić information content (AvgIpc) is 3.21. The minimum atomic E-state index is -0.433. The summed E-state index contributed by atoms with van der Waals surface area (Å²) < 4.78 is 12.4. The van der Waals surface area contributed by atoms with E-state index in [0.29, 0.717) is 6.42 Å². The second kappa shape index (κ2) is 6.75. The lowest BCUT2D eigenvalue weighted by atomic mass is 10.0. The zero-order valence-electron chi connectivity index (χ0n) is 14.2. The average molecular weight is 354 g/mol. The van der Waals surface area contributed by atoms with Gasteiger partial charge in [-0.05, 0) is 42.9 Å². The standard InChI is InChI=1S/C21H22O3S/c22-19(25)8-3-5-15-9-11-16(12-10-15)17-6-4-7-18-20(17)24-21(23-18)13-1-2-14-21/h4,6-7,9-12H,1-3,5,8,13-14H2,(H,22,25). The molecule has 130 valence electrons. The third-order valence-corrected chi connectivity index (χ3v) is 5.27. The Morgan fingerprint density at radius 1 is 1.04 bits per heavy atom. The summed E-state index contributed by atoms with van der Waals surface area (Å²) in [5.41, 5.74) is 3.44. The minimum Gasteiger partial charge on any atom is -0.448 e. The normalized spacial score (nSPS) is 17.2. The molecule has 0 amide bonds. The predicted octanol–water partition coefficient (Wildman–Crippen LogP) is 5.17. The van der Waals surface area contributed by atoms with Crippen LogP contribution in [0.4, 0.5) is 0 Å². The lowest BCUT2D eigenvalue weighted by molar-refractivity contribution is -0.110. The van der Waals surface area contributed by atoms with Crippen LogP contribution < -0.4 is 9.47 Å². The van der Waals surface area contributed by atoms with Gasteiger partial charge in [-0.25, -0.2) is 0 Å². The molecule has 4 heteroatoms. The number of benzene rings is 2. The molecule has 4 rings (SSSR count). The molecule has 2 aromatic carbocycles. The Balaban J connectivity index is 1.53. The van der Waals surface area contributed by atoms with Crippen molar-refractivity contribution in [3.05, 3.63) is 48.0 Å². The molecule has 2 aliphatic rings. The highest BCUT2D eigenvalue weighted by Crippen LogP contribution is 2.50. The summed E-state index contributed by atoms with van der Waals surface area (Å²) in [6.07, 6.45) is 6.49. The van der Waals surface area contributed by atoms with Crippen LogP contribution in [-0.4, -0.2) is 10.9 Å². The van der Waals surface area contributed by atoms with Gasteiger partial charge in [-0.15, -0.1) is 12.6 Å². The Bertz CT molecular complexity index is 776. The first-order valence-corrected chi connectivity index (χ1v) is 9.42. The van der Waals surface area contributed by atoms with Crippen LogP contribution in [0, 0.1) is 0 Å². The van der Waals surface area contributed by atoms with Gasteiger partial charge in [-0.3, -0.25) is 4.79 Å². The largest absolute Gasteiger partial charge is 0.448 e. The smallest absolute Gasteiger partial charge is 0.251 e. The number of thiol groups is 1. The highest BCUT2D eigenvalue weighted by atomic mass is 32.1. The highest BCUT2D eigenvalue weighted by Gasteiger charge is 2.44. The summed E-state index contributed by atoms with van der Waals surface area (Å²) in [6, 6.07) is 14.6. The quantitative estimate of drug-likeness (QED) is 0.752. The van der Waals surface area contributed by atoms with E-state index in [4.69, 9.17) is 9.47 Å². The molecule has 3 nitrogen and oxygen atoms in total. The van der Waals surface area contributed by atoms with Crippen LogP contribution in [-0.2, 0) is 11.2 Å². The minimum absolute atomic E-state index is 0.0468. The second-order valence-corrected chi connectivity index (χ2v) is 7.40. The lowest BCUT2D eigenvalue weighted by Crippen LogP contribution is -2.34. The van der Waals surface area contributed by atoms with Gasteiger partial charge < -0.3 is 9.47 Å². The molecule has 0 N–H and O–H groups in total. The summed E-state index contributed by atoms with van der Waals surface area (Å²) in [4.78, 5) is 10.9. The van der Waals surface area contributed by atoms with E-state index in [1.165, 1.54) is 5.56 Å². The fourth-order valence-electron chi connectivity index (χ4n) is 3.75. The van der Waals surface area contributed by atoms with Crippen molar-refractivity contribution >= 4 is 17.7 Å². The third-order valence-electron chi connectivity index (χ3n) is 5.05. The first-order valence-electron chi connectivity index (χ1n) is 8.97. The maximum absolute atomic E-state index is 10.9. The van der Waals surface area contributed by atoms with Gasteiger partial charge in [0.1, 0.15) is 0 Å². The summed E-state index contributed by atoms with van der Waals surface area (Å²) >= 11 is 3.82. The Morgan fingerprint density at radius 3 is 2.52 bits per heavy atom. The Morgan fingerprint density at radius 2 is 1.80 bits per heavy atom. The van der Waals surface area contributed by atoms with Gasteiger partial charge in [0.2, 0.25) is 0 Å². The van der Waals surface area contributed by atoms with E-state index in [-0.39, 0.29) is 5.12 Å². The van der Waals surface area contributed by atoms with Crippen molar-refractivity contribution in [3.63, 3.8) is 0 Å². The molecule has 2 aromatic rings. The predicted molar refractivity (Wildman–Crippen MR) is 101 cm³/mol. The molecular formula is C21H22O3S. The van der Waals surface area contributed by atoms with Gasteiger partial charge in [0.15, 0.2) is 16.6 Å². The maximum atomic E-state index is 10.9. The zero-order valence-corrected chi connectivity index (χ0v) is 15.1. The molecule has 0 atom stereocenters. The Kier molecular flexibility index (Phi) is 4.46. The number of ether oxygens (including phenoxy) is 2. The first kappa shape index (κ1) is 16.5. The summed E-state index contributed by atoms with van der Waals surface area (Å²) in [7, 11) is 0. The maximum Gasteiger partial charge on any atom is 0.251 e. The zero-order chi connectivity index (χ0) is 17.3. The van der Waals surface area contributed by atoms with Crippen molar-refractivity contribution in [3.8, 4) is 22.6 Å². The van der Waals surface area contributed by atoms with Crippen molar-refractivity contribution in [2.45, 2.75) is 50.7 Å². The number of rotatable bonds is 5. The van der Waals surface area contributed by atoms with Gasteiger partial charge in [-0.2, -0.15) is 0 Å². The van der Waals surface area contributed by atoms with Crippen LogP contribution in [0.3, 0.4) is 0 Å². The van der Waals surface area contributed by atoms with Crippen LogP contribution in [0.25, 0.3) is 11.1 Å². The Hall–Kier alpha value is -1.94. The SMILES string of the molecule is O=C(S)CCCc1ccc(-c2cccc3c2OC2(CCCC2)O3)cc1. The molecule has 0 radical (unpaired) electrons. The van der Waals surface area contributed by atoms with Gasteiger partial charge >= 0.3 is 0 Å².